The normalized spacial score (nSPS) is 10.7. The molecule has 0 spiro atoms. The summed E-state index contributed by atoms with van der Waals surface area (Å²) in [4.78, 5) is 0. The molecule has 2 aromatic rings. The number of nitrogens with one attached hydrogen (secondary N) is 1. The minimum atomic E-state index is 0.418. The Bertz CT molecular complexity index is 549. The van der Waals surface area contributed by atoms with Crippen molar-refractivity contribution >= 4 is 11.6 Å². The lowest BCUT2D eigenvalue weighted by atomic mass is 10.2. The van der Waals surface area contributed by atoms with E-state index in [0.717, 1.165) is 23.7 Å². The molecule has 0 fully saturated rings. The van der Waals surface area contributed by atoms with Crippen LogP contribution in [0.1, 0.15) is 17.0 Å². The fraction of sp³-hybridized carbons (Fsp3) is 0.357. The van der Waals surface area contributed by atoms with Crippen LogP contribution in [0.4, 0.5) is 0 Å². The quantitative estimate of drug-likeness (QED) is 0.915. The topological polar surface area (TPSA) is 39.1 Å². The molecule has 2 rings (SSSR count). The second-order valence-corrected chi connectivity index (χ2v) is 4.81. The summed E-state index contributed by atoms with van der Waals surface area (Å²) < 4.78 is 7.49. The van der Waals surface area contributed by atoms with E-state index in [1.807, 2.05) is 45.3 Å². The molecule has 1 aromatic carbocycles. The minimum absolute atomic E-state index is 0.418. The fourth-order valence-corrected chi connectivity index (χ4v) is 2.11. The summed E-state index contributed by atoms with van der Waals surface area (Å²) in [5.41, 5.74) is 2.94. The number of benzene rings is 1. The Morgan fingerprint density at radius 1 is 1.32 bits per heavy atom. The highest BCUT2D eigenvalue weighted by atomic mass is 35.5. The van der Waals surface area contributed by atoms with E-state index in [1.165, 1.54) is 5.56 Å². The molecule has 1 N–H and O–H groups in total. The number of hydrogen-bond donors (Lipinski definition) is 1. The highest BCUT2D eigenvalue weighted by molar-refractivity contribution is 6.31. The van der Waals surface area contributed by atoms with E-state index >= 15 is 0 Å². The van der Waals surface area contributed by atoms with Gasteiger partial charge < -0.3 is 10.1 Å². The predicted molar refractivity (Wildman–Crippen MR) is 76.5 cm³/mol. The lowest BCUT2D eigenvalue weighted by molar-refractivity contribution is 0.295. The Hall–Kier alpha value is -1.52. The smallest absolute Gasteiger partial charge is 0.131 e. The first-order chi connectivity index (χ1) is 9.11. The summed E-state index contributed by atoms with van der Waals surface area (Å²) in [5.74, 6) is 0.828. The average Bonchev–Trinajstić information content (AvgIpc) is 2.64. The average molecular weight is 280 g/mol. The van der Waals surface area contributed by atoms with Crippen LogP contribution in [-0.2, 0) is 20.2 Å². The molecule has 0 aliphatic carbocycles. The molecule has 0 saturated heterocycles. The van der Waals surface area contributed by atoms with Crippen molar-refractivity contribution in [3.05, 3.63) is 46.2 Å². The molecule has 0 bridgehead atoms. The molecule has 0 amide bonds. The van der Waals surface area contributed by atoms with Crippen LogP contribution in [0, 0.1) is 6.92 Å². The SMILES string of the molecule is CNCc1ccc(OCc2c(Cl)c(C)nn2C)cc1. The zero-order chi connectivity index (χ0) is 13.8. The Morgan fingerprint density at radius 3 is 2.53 bits per heavy atom. The molecular weight excluding hydrogens is 262 g/mol. The lowest BCUT2D eigenvalue weighted by Crippen LogP contribution is -2.05. The van der Waals surface area contributed by atoms with E-state index in [2.05, 4.69) is 10.4 Å². The van der Waals surface area contributed by atoms with Crippen molar-refractivity contribution < 1.29 is 4.74 Å². The van der Waals surface area contributed by atoms with Crippen LogP contribution >= 0.6 is 11.6 Å². The zero-order valence-electron chi connectivity index (χ0n) is 11.4. The molecule has 0 atom stereocenters. The van der Waals surface area contributed by atoms with Gasteiger partial charge >= 0.3 is 0 Å². The first-order valence-electron chi connectivity index (χ1n) is 6.16. The fourth-order valence-electron chi connectivity index (χ4n) is 1.90. The highest BCUT2D eigenvalue weighted by Crippen LogP contribution is 2.21. The second-order valence-electron chi connectivity index (χ2n) is 4.43. The van der Waals surface area contributed by atoms with Gasteiger partial charge in [0.15, 0.2) is 0 Å². The van der Waals surface area contributed by atoms with Gasteiger partial charge in [-0.25, -0.2) is 0 Å². The van der Waals surface area contributed by atoms with Crippen LogP contribution in [0.25, 0.3) is 0 Å². The standard InChI is InChI=1S/C14H18ClN3O/c1-10-14(15)13(18(3)17-10)9-19-12-6-4-11(5-7-12)8-16-2/h4-7,16H,8-9H2,1-3H3. The maximum absolute atomic E-state index is 6.18. The van der Waals surface area contributed by atoms with E-state index in [4.69, 9.17) is 16.3 Å². The molecule has 0 aliphatic heterocycles. The van der Waals surface area contributed by atoms with Crippen LogP contribution in [0.15, 0.2) is 24.3 Å². The summed E-state index contributed by atoms with van der Waals surface area (Å²) in [6.07, 6.45) is 0. The van der Waals surface area contributed by atoms with Crippen molar-refractivity contribution in [1.82, 2.24) is 15.1 Å². The van der Waals surface area contributed by atoms with E-state index in [-0.39, 0.29) is 0 Å². The van der Waals surface area contributed by atoms with E-state index in [1.54, 1.807) is 4.68 Å². The van der Waals surface area contributed by atoms with Crippen molar-refractivity contribution in [3.8, 4) is 5.75 Å². The molecule has 0 aliphatic rings. The third-order valence-corrected chi connectivity index (χ3v) is 3.43. The monoisotopic (exact) mass is 279 g/mol. The van der Waals surface area contributed by atoms with Crippen molar-refractivity contribution in [2.75, 3.05) is 7.05 Å². The number of aryl methyl sites for hydroxylation is 2. The lowest BCUT2D eigenvalue weighted by Gasteiger charge is -2.08. The van der Waals surface area contributed by atoms with Crippen molar-refractivity contribution in [2.24, 2.45) is 7.05 Å². The van der Waals surface area contributed by atoms with Gasteiger partial charge in [-0.3, -0.25) is 4.68 Å². The number of halogens is 1. The minimum Gasteiger partial charge on any atom is -0.487 e. The van der Waals surface area contributed by atoms with E-state index < -0.39 is 0 Å². The Labute approximate surface area is 118 Å². The molecular formula is C14H18ClN3O. The van der Waals surface area contributed by atoms with Crippen LogP contribution in [0.5, 0.6) is 5.75 Å². The number of rotatable bonds is 5. The highest BCUT2D eigenvalue weighted by Gasteiger charge is 2.11. The number of aromatic nitrogens is 2. The van der Waals surface area contributed by atoms with E-state index in [9.17, 15) is 0 Å². The maximum atomic E-state index is 6.18. The van der Waals surface area contributed by atoms with Gasteiger partial charge in [0.2, 0.25) is 0 Å². The number of hydrogen-bond acceptors (Lipinski definition) is 3. The van der Waals surface area contributed by atoms with Crippen LogP contribution in [0.3, 0.4) is 0 Å². The first-order valence-corrected chi connectivity index (χ1v) is 6.54. The van der Waals surface area contributed by atoms with Gasteiger partial charge in [0.05, 0.1) is 16.4 Å². The molecule has 4 nitrogen and oxygen atoms in total. The van der Waals surface area contributed by atoms with Crippen molar-refractivity contribution in [1.29, 1.82) is 0 Å². The molecule has 1 aromatic heterocycles. The molecule has 102 valence electrons. The Balaban J connectivity index is 2.02. The van der Waals surface area contributed by atoms with Gasteiger partial charge in [0.25, 0.3) is 0 Å². The van der Waals surface area contributed by atoms with Gasteiger partial charge in [-0.2, -0.15) is 5.10 Å². The largest absolute Gasteiger partial charge is 0.487 e. The molecule has 5 heteroatoms. The molecule has 1 heterocycles. The first kappa shape index (κ1) is 13.9. The molecule has 19 heavy (non-hydrogen) atoms. The number of ether oxygens (including phenoxy) is 1. The Morgan fingerprint density at radius 2 is 2.00 bits per heavy atom. The number of nitrogens with zero attached hydrogens (tertiary/aromatic N) is 2. The van der Waals surface area contributed by atoms with Crippen molar-refractivity contribution in [3.63, 3.8) is 0 Å². The summed E-state index contributed by atoms with van der Waals surface area (Å²) >= 11 is 6.18. The van der Waals surface area contributed by atoms with Crippen LogP contribution < -0.4 is 10.1 Å². The second kappa shape index (κ2) is 6.08. The summed E-state index contributed by atoms with van der Waals surface area (Å²) in [5, 5.41) is 8.04. The zero-order valence-corrected chi connectivity index (χ0v) is 12.2. The van der Waals surface area contributed by atoms with Gasteiger partial charge in [-0.15, -0.1) is 0 Å². The predicted octanol–water partition coefficient (Wildman–Crippen LogP) is 2.68. The third-order valence-electron chi connectivity index (χ3n) is 2.94. The van der Waals surface area contributed by atoms with Gasteiger partial charge in [-0.05, 0) is 31.7 Å². The third kappa shape index (κ3) is 3.28. The van der Waals surface area contributed by atoms with E-state index in [0.29, 0.717) is 11.6 Å². The molecule has 0 saturated carbocycles. The van der Waals surface area contributed by atoms with Gasteiger partial charge in [0.1, 0.15) is 12.4 Å². The maximum Gasteiger partial charge on any atom is 0.131 e. The molecule has 0 radical (unpaired) electrons. The Kier molecular flexibility index (Phi) is 4.45. The summed E-state index contributed by atoms with van der Waals surface area (Å²) in [7, 11) is 3.80. The van der Waals surface area contributed by atoms with Crippen LogP contribution in [0.2, 0.25) is 5.02 Å². The van der Waals surface area contributed by atoms with Gasteiger partial charge in [-0.1, -0.05) is 23.7 Å². The van der Waals surface area contributed by atoms with Gasteiger partial charge in [0, 0.05) is 13.6 Å². The molecule has 0 unspecified atom stereocenters. The summed E-state index contributed by atoms with van der Waals surface area (Å²) in [6.45, 7) is 3.16. The van der Waals surface area contributed by atoms with Crippen molar-refractivity contribution in [2.45, 2.75) is 20.1 Å². The van der Waals surface area contributed by atoms with Crippen LogP contribution in [-0.4, -0.2) is 16.8 Å². The summed E-state index contributed by atoms with van der Waals surface area (Å²) in [6, 6.07) is 8.01.